The lowest BCUT2D eigenvalue weighted by Crippen LogP contribution is -2.41. The number of nitriles is 1. The van der Waals surface area contributed by atoms with Crippen LogP contribution in [0.4, 0.5) is 11.4 Å². The summed E-state index contributed by atoms with van der Waals surface area (Å²) in [6.45, 7) is 2.10. The van der Waals surface area contributed by atoms with Gasteiger partial charge in [-0.25, -0.2) is 0 Å². The molecule has 1 aromatic carbocycles. The summed E-state index contributed by atoms with van der Waals surface area (Å²) in [7, 11) is 3.44. The third kappa shape index (κ3) is 4.60. The van der Waals surface area contributed by atoms with E-state index in [-0.39, 0.29) is 17.3 Å². The van der Waals surface area contributed by atoms with Gasteiger partial charge in [-0.05, 0) is 36.5 Å². The fraction of sp³-hybridized carbons (Fsp3) is 0.474. The van der Waals surface area contributed by atoms with Crippen LogP contribution in [-0.4, -0.2) is 31.0 Å². The number of benzene rings is 1. The molecule has 1 aliphatic carbocycles. The highest BCUT2D eigenvalue weighted by Crippen LogP contribution is 2.29. The summed E-state index contributed by atoms with van der Waals surface area (Å²) in [4.78, 5) is 24.9. The second-order valence-electron chi connectivity index (χ2n) is 6.91. The van der Waals surface area contributed by atoms with Gasteiger partial charge >= 0.3 is 0 Å². The van der Waals surface area contributed by atoms with Crippen molar-refractivity contribution in [2.24, 2.45) is 5.92 Å². The van der Waals surface area contributed by atoms with E-state index in [9.17, 15) is 20.2 Å². The molecule has 0 aliphatic heterocycles. The first kappa shape index (κ1) is 19.4. The molecular formula is C19H24N4O3. The third-order valence-corrected chi connectivity index (χ3v) is 4.78. The Morgan fingerprint density at radius 2 is 2.08 bits per heavy atom. The normalized spacial score (nSPS) is 20.2. The van der Waals surface area contributed by atoms with Crippen molar-refractivity contribution in [3.63, 3.8) is 0 Å². The van der Waals surface area contributed by atoms with Gasteiger partial charge in [-0.3, -0.25) is 14.9 Å². The van der Waals surface area contributed by atoms with Gasteiger partial charge in [0.15, 0.2) is 0 Å². The summed E-state index contributed by atoms with van der Waals surface area (Å²) >= 11 is 0. The SMILES string of the molecule is C[C@@H]1CCCC[C@H]1NC(=O)/C(C#N)=C/c1ccc(N(C)C)c([N+](=O)[O-])c1. The Morgan fingerprint density at radius 1 is 1.38 bits per heavy atom. The zero-order valence-electron chi connectivity index (χ0n) is 15.4. The standard InChI is InChI=1S/C19H24N4O3/c1-13-6-4-5-7-16(13)21-19(24)15(12-20)10-14-8-9-17(22(2)3)18(11-14)23(25)26/h8-11,13,16H,4-7H2,1-3H3,(H,21,24)/b15-10+/t13-,16-/m1/s1. The van der Waals surface area contributed by atoms with Crippen molar-refractivity contribution in [3.05, 3.63) is 39.4 Å². The Morgan fingerprint density at radius 3 is 2.65 bits per heavy atom. The van der Waals surface area contributed by atoms with Gasteiger partial charge in [0.05, 0.1) is 4.92 Å². The van der Waals surface area contributed by atoms with E-state index in [0.29, 0.717) is 17.2 Å². The number of nitrogens with one attached hydrogen (secondary N) is 1. The Labute approximate surface area is 153 Å². The van der Waals surface area contributed by atoms with Crippen molar-refractivity contribution in [2.75, 3.05) is 19.0 Å². The van der Waals surface area contributed by atoms with Crippen LogP contribution in [0, 0.1) is 27.4 Å². The lowest BCUT2D eigenvalue weighted by molar-refractivity contribution is -0.384. The average Bonchev–Trinajstić information content (AvgIpc) is 2.61. The molecule has 1 N–H and O–H groups in total. The minimum atomic E-state index is -0.470. The number of hydrogen-bond donors (Lipinski definition) is 1. The predicted molar refractivity (Wildman–Crippen MR) is 101 cm³/mol. The molecule has 0 unspecified atom stereocenters. The predicted octanol–water partition coefficient (Wildman–Crippen LogP) is 3.26. The lowest BCUT2D eigenvalue weighted by atomic mass is 9.86. The molecule has 138 valence electrons. The first-order valence-electron chi connectivity index (χ1n) is 8.72. The van der Waals surface area contributed by atoms with E-state index in [0.717, 1.165) is 25.7 Å². The molecule has 7 nitrogen and oxygen atoms in total. The van der Waals surface area contributed by atoms with Gasteiger partial charge in [0.1, 0.15) is 17.3 Å². The van der Waals surface area contributed by atoms with Gasteiger partial charge in [-0.1, -0.05) is 25.8 Å². The van der Waals surface area contributed by atoms with E-state index in [1.165, 1.54) is 12.1 Å². The maximum atomic E-state index is 12.4. The maximum absolute atomic E-state index is 12.4. The number of nitro groups is 1. The molecule has 1 aromatic rings. The minimum absolute atomic E-state index is 0.0466. The highest BCUT2D eigenvalue weighted by Gasteiger charge is 2.24. The molecule has 0 heterocycles. The molecule has 0 spiro atoms. The topological polar surface area (TPSA) is 99.3 Å². The van der Waals surface area contributed by atoms with Crippen LogP contribution < -0.4 is 10.2 Å². The first-order chi connectivity index (χ1) is 12.3. The molecule has 1 saturated carbocycles. The van der Waals surface area contributed by atoms with Crippen LogP contribution in [0.25, 0.3) is 6.08 Å². The Bertz CT molecular complexity index is 765. The van der Waals surface area contributed by atoms with Gasteiger partial charge in [-0.2, -0.15) is 5.26 Å². The Hall–Kier alpha value is -2.88. The first-order valence-corrected chi connectivity index (χ1v) is 8.72. The maximum Gasteiger partial charge on any atom is 0.293 e. The number of nitro benzene ring substituents is 1. The average molecular weight is 356 g/mol. The Balaban J connectivity index is 2.25. The highest BCUT2D eigenvalue weighted by molar-refractivity contribution is 6.02. The minimum Gasteiger partial charge on any atom is -0.372 e. The molecule has 0 saturated heterocycles. The molecule has 0 aromatic heterocycles. The molecule has 0 bridgehead atoms. The highest BCUT2D eigenvalue weighted by atomic mass is 16.6. The number of amides is 1. The lowest BCUT2D eigenvalue weighted by Gasteiger charge is -2.29. The van der Waals surface area contributed by atoms with E-state index in [4.69, 9.17) is 0 Å². The van der Waals surface area contributed by atoms with Crippen molar-refractivity contribution in [3.8, 4) is 6.07 Å². The van der Waals surface area contributed by atoms with Crippen molar-refractivity contribution in [2.45, 2.75) is 38.6 Å². The summed E-state index contributed by atoms with van der Waals surface area (Å²) in [6.07, 6.45) is 5.61. The second kappa shape index (κ2) is 8.48. The summed E-state index contributed by atoms with van der Waals surface area (Å²) in [5.74, 6) is -0.0429. The van der Waals surface area contributed by atoms with E-state index >= 15 is 0 Å². The number of anilines is 1. The zero-order chi connectivity index (χ0) is 19.3. The molecular weight excluding hydrogens is 332 g/mol. The third-order valence-electron chi connectivity index (χ3n) is 4.78. The quantitative estimate of drug-likeness (QED) is 0.378. The monoisotopic (exact) mass is 356 g/mol. The molecule has 1 aliphatic rings. The van der Waals surface area contributed by atoms with Crippen LogP contribution in [-0.2, 0) is 4.79 Å². The molecule has 2 atom stereocenters. The molecule has 1 fully saturated rings. The van der Waals surface area contributed by atoms with Crippen molar-refractivity contribution in [1.29, 1.82) is 5.26 Å². The fourth-order valence-electron chi connectivity index (χ4n) is 3.25. The number of hydrogen-bond acceptors (Lipinski definition) is 5. The smallest absolute Gasteiger partial charge is 0.293 e. The van der Waals surface area contributed by atoms with Crippen LogP contribution in [0.2, 0.25) is 0 Å². The van der Waals surface area contributed by atoms with Gasteiger partial charge in [0.25, 0.3) is 11.6 Å². The van der Waals surface area contributed by atoms with Gasteiger partial charge in [0, 0.05) is 26.2 Å². The number of carbonyl (C=O) groups excluding carboxylic acids is 1. The van der Waals surface area contributed by atoms with E-state index in [1.54, 1.807) is 31.1 Å². The summed E-state index contributed by atoms with van der Waals surface area (Å²) < 4.78 is 0. The van der Waals surface area contributed by atoms with Crippen LogP contribution in [0.3, 0.4) is 0 Å². The van der Waals surface area contributed by atoms with Gasteiger partial charge in [0.2, 0.25) is 0 Å². The Kier molecular flexibility index (Phi) is 6.34. The second-order valence-corrected chi connectivity index (χ2v) is 6.91. The number of carbonyl (C=O) groups is 1. The number of rotatable bonds is 5. The number of nitrogens with zero attached hydrogens (tertiary/aromatic N) is 3. The van der Waals surface area contributed by atoms with E-state index < -0.39 is 10.8 Å². The molecule has 2 rings (SSSR count). The van der Waals surface area contributed by atoms with E-state index in [2.05, 4.69) is 12.2 Å². The van der Waals surface area contributed by atoms with Crippen molar-refractivity contribution >= 4 is 23.4 Å². The van der Waals surface area contributed by atoms with Gasteiger partial charge < -0.3 is 10.2 Å². The zero-order valence-corrected chi connectivity index (χ0v) is 15.4. The summed E-state index contributed by atoms with van der Waals surface area (Å²) in [5.41, 5.74) is 0.800. The van der Waals surface area contributed by atoms with E-state index in [1.807, 2.05) is 6.07 Å². The van der Waals surface area contributed by atoms with Crippen LogP contribution >= 0.6 is 0 Å². The molecule has 0 radical (unpaired) electrons. The summed E-state index contributed by atoms with van der Waals surface area (Å²) in [6, 6.07) is 6.63. The fourth-order valence-corrected chi connectivity index (χ4v) is 3.25. The molecule has 26 heavy (non-hydrogen) atoms. The largest absolute Gasteiger partial charge is 0.372 e. The molecule has 7 heteroatoms. The summed E-state index contributed by atoms with van der Waals surface area (Å²) in [5, 5.41) is 23.6. The van der Waals surface area contributed by atoms with Crippen LogP contribution in [0.1, 0.15) is 38.2 Å². The van der Waals surface area contributed by atoms with Crippen LogP contribution in [0.15, 0.2) is 23.8 Å². The van der Waals surface area contributed by atoms with Gasteiger partial charge in [-0.15, -0.1) is 0 Å². The van der Waals surface area contributed by atoms with Crippen molar-refractivity contribution in [1.82, 2.24) is 5.32 Å². The van der Waals surface area contributed by atoms with Crippen molar-refractivity contribution < 1.29 is 9.72 Å². The van der Waals surface area contributed by atoms with Crippen LogP contribution in [0.5, 0.6) is 0 Å². The molecule has 1 amide bonds.